The van der Waals surface area contributed by atoms with E-state index in [4.69, 9.17) is 0 Å². The van der Waals surface area contributed by atoms with Crippen molar-refractivity contribution < 1.29 is 31.5 Å². The summed E-state index contributed by atoms with van der Waals surface area (Å²) in [5, 5.41) is 10.7. The Morgan fingerprint density at radius 1 is 0.955 bits per heavy atom. The van der Waals surface area contributed by atoms with Crippen molar-refractivity contribution in [1.82, 2.24) is 0 Å². The molecule has 0 aliphatic heterocycles. The summed E-state index contributed by atoms with van der Waals surface area (Å²) in [4.78, 5) is 10.1. The molecule has 5 nitrogen and oxygen atoms in total. The first kappa shape index (κ1) is 15.8. The number of rotatable bonds is 4. The first-order valence-corrected chi connectivity index (χ1v) is 7.18. The van der Waals surface area contributed by atoms with Gasteiger partial charge in [0.1, 0.15) is 5.82 Å². The number of hydrogen-bond donors (Lipinski definition) is 1. The number of carbonyl (C=O) groups excluding carboxylic acids is 1. The van der Waals surface area contributed by atoms with Crippen LogP contribution in [0.1, 0.15) is 10.4 Å². The highest BCUT2D eigenvalue weighted by molar-refractivity contribution is 7.92. The lowest BCUT2D eigenvalue weighted by Gasteiger charge is -2.10. The van der Waals surface area contributed by atoms with Gasteiger partial charge in [-0.15, -0.1) is 0 Å². The number of benzene rings is 2. The van der Waals surface area contributed by atoms with Crippen LogP contribution in [-0.2, 0) is 10.0 Å². The number of nitrogens with one attached hydrogen (secondary N) is 1. The number of carboxylic acid groups (broad SMARTS) is 1. The lowest BCUT2D eigenvalue weighted by molar-refractivity contribution is -0.255. The molecule has 0 aromatic heterocycles. The van der Waals surface area contributed by atoms with Crippen molar-refractivity contribution in [2.24, 2.45) is 0 Å². The highest BCUT2D eigenvalue weighted by Crippen LogP contribution is 2.20. The predicted molar refractivity (Wildman–Crippen MR) is 67.9 cm³/mol. The van der Waals surface area contributed by atoms with E-state index >= 15 is 0 Å². The maximum Gasteiger partial charge on any atom is 0.261 e. The van der Waals surface area contributed by atoms with Crippen molar-refractivity contribution in [1.29, 1.82) is 0 Å². The minimum atomic E-state index is -4.31. The van der Waals surface area contributed by atoms with E-state index < -0.39 is 43.9 Å². The van der Waals surface area contributed by atoms with Gasteiger partial charge in [-0.05, 0) is 30.3 Å². The van der Waals surface area contributed by atoms with E-state index in [0.29, 0.717) is 24.3 Å². The van der Waals surface area contributed by atoms with Gasteiger partial charge in [-0.3, -0.25) is 4.72 Å². The largest absolute Gasteiger partial charge is 0.545 e. The number of aromatic carboxylic acids is 1. The van der Waals surface area contributed by atoms with Crippen LogP contribution in [0, 0.1) is 17.5 Å². The van der Waals surface area contributed by atoms with Crippen LogP contribution in [0.3, 0.4) is 0 Å². The quantitative estimate of drug-likeness (QED) is 0.915. The molecule has 2 aromatic carbocycles. The molecule has 0 fully saturated rings. The first-order valence-electron chi connectivity index (χ1n) is 5.69. The van der Waals surface area contributed by atoms with Gasteiger partial charge in [0.05, 0.1) is 16.6 Å². The van der Waals surface area contributed by atoms with Crippen LogP contribution in [0.25, 0.3) is 0 Å². The molecule has 0 unspecified atom stereocenters. The zero-order chi connectivity index (χ0) is 16.5. The molecule has 2 aromatic rings. The highest BCUT2D eigenvalue weighted by atomic mass is 32.2. The smallest absolute Gasteiger partial charge is 0.261 e. The standard InChI is InChI=1S/C13H8F3NO4S/c14-10-4-2-8(6-9(10)13(18)19)22(20,21)17-7-1-3-11(15)12(16)5-7/h1-6,17H,(H,18,19)/p-1. The molecular formula is C13H7F3NO4S-. The van der Waals surface area contributed by atoms with Crippen LogP contribution >= 0.6 is 0 Å². The maximum absolute atomic E-state index is 13.2. The first-order chi connectivity index (χ1) is 10.2. The average molecular weight is 330 g/mol. The zero-order valence-electron chi connectivity index (χ0n) is 10.6. The fourth-order valence-electron chi connectivity index (χ4n) is 1.60. The van der Waals surface area contributed by atoms with E-state index in [1.807, 2.05) is 4.72 Å². The molecule has 2 rings (SSSR count). The van der Waals surface area contributed by atoms with Crippen LogP contribution < -0.4 is 9.83 Å². The molecule has 0 radical (unpaired) electrons. The summed E-state index contributed by atoms with van der Waals surface area (Å²) in [6, 6.07) is 4.32. The van der Waals surface area contributed by atoms with Gasteiger partial charge in [0.2, 0.25) is 0 Å². The zero-order valence-corrected chi connectivity index (χ0v) is 11.5. The van der Waals surface area contributed by atoms with E-state index in [0.717, 1.165) is 12.1 Å². The molecule has 0 spiro atoms. The number of carboxylic acids is 1. The van der Waals surface area contributed by atoms with Crippen molar-refractivity contribution in [2.75, 3.05) is 4.72 Å². The summed E-state index contributed by atoms with van der Waals surface area (Å²) < 4.78 is 65.0. The van der Waals surface area contributed by atoms with Crippen molar-refractivity contribution in [3.05, 3.63) is 59.4 Å². The van der Waals surface area contributed by atoms with E-state index in [1.165, 1.54) is 0 Å². The van der Waals surface area contributed by atoms with E-state index in [1.54, 1.807) is 0 Å². The predicted octanol–water partition coefficient (Wildman–Crippen LogP) is 1.27. The molecule has 116 valence electrons. The van der Waals surface area contributed by atoms with Gasteiger partial charge in [-0.2, -0.15) is 0 Å². The van der Waals surface area contributed by atoms with E-state index in [2.05, 4.69) is 0 Å². The molecule has 0 aliphatic rings. The van der Waals surface area contributed by atoms with Gasteiger partial charge in [0.15, 0.2) is 11.6 Å². The Hall–Kier alpha value is -2.55. The minimum Gasteiger partial charge on any atom is -0.545 e. The normalized spacial score (nSPS) is 11.2. The average Bonchev–Trinajstić information content (AvgIpc) is 2.42. The van der Waals surface area contributed by atoms with Crippen molar-refractivity contribution in [3.8, 4) is 0 Å². The maximum atomic E-state index is 13.2. The SMILES string of the molecule is O=C([O-])c1cc(S(=O)(=O)Nc2ccc(F)c(F)c2)ccc1F. The third-order valence-corrected chi connectivity index (χ3v) is 4.02. The monoisotopic (exact) mass is 330 g/mol. The molecular weight excluding hydrogens is 323 g/mol. The van der Waals surface area contributed by atoms with Crippen LogP contribution in [0.15, 0.2) is 41.3 Å². The third-order valence-electron chi connectivity index (χ3n) is 2.64. The van der Waals surface area contributed by atoms with E-state index in [9.17, 15) is 31.5 Å². The fourth-order valence-corrected chi connectivity index (χ4v) is 2.68. The van der Waals surface area contributed by atoms with E-state index in [-0.39, 0.29) is 5.69 Å². The summed E-state index contributed by atoms with van der Waals surface area (Å²) >= 11 is 0. The van der Waals surface area contributed by atoms with Gasteiger partial charge in [0.25, 0.3) is 10.0 Å². The summed E-state index contributed by atoms with van der Waals surface area (Å²) in [5.74, 6) is -5.48. The molecule has 0 saturated carbocycles. The molecule has 0 saturated heterocycles. The Balaban J connectivity index is 2.40. The van der Waals surface area contributed by atoms with Gasteiger partial charge in [-0.25, -0.2) is 21.6 Å². The Labute approximate surface area is 123 Å². The summed E-state index contributed by atoms with van der Waals surface area (Å²) in [6.45, 7) is 0. The molecule has 0 bridgehead atoms. The molecule has 0 heterocycles. The Morgan fingerprint density at radius 2 is 1.59 bits per heavy atom. The van der Waals surface area contributed by atoms with Crippen LogP contribution in [-0.4, -0.2) is 14.4 Å². The molecule has 0 amide bonds. The van der Waals surface area contributed by atoms with Crippen molar-refractivity contribution in [3.63, 3.8) is 0 Å². The van der Waals surface area contributed by atoms with Gasteiger partial charge >= 0.3 is 0 Å². The number of carbonyl (C=O) groups is 1. The lowest BCUT2D eigenvalue weighted by Crippen LogP contribution is -2.24. The molecule has 1 N–H and O–H groups in total. The van der Waals surface area contributed by atoms with Crippen molar-refractivity contribution in [2.45, 2.75) is 4.90 Å². The van der Waals surface area contributed by atoms with Crippen LogP contribution in [0.5, 0.6) is 0 Å². The number of sulfonamides is 1. The molecule has 0 atom stereocenters. The second-order valence-electron chi connectivity index (χ2n) is 4.16. The van der Waals surface area contributed by atoms with Crippen LogP contribution in [0.2, 0.25) is 0 Å². The number of halogens is 3. The number of anilines is 1. The number of hydrogen-bond acceptors (Lipinski definition) is 4. The topological polar surface area (TPSA) is 86.3 Å². The lowest BCUT2D eigenvalue weighted by atomic mass is 10.2. The van der Waals surface area contributed by atoms with Gasteiger partial charge < -0.3 is 9.90 Å². The minimum absolute atomic E-state index is 0.279. The van der Waals surface area contributed by atoms with Crippen molar-refractivity contribution >= 4 is 21.7 Å². The molecule has 0 aliphatic carbocycles. The summed E-state index contributed by atoms with van der Waals surface area (Å²) in [5.41, 5.74) is -1.22. The summed E-state index contributed by atoms with van der Waals surface area (Å²) in [7, 11) is -4.31. The fraction of sp³-hybridized carbons (Fsp3) is 0. The summed E-state index contributed by atoms with van der Waals surface area (Å²) in [6.07, 6.45) is 0. The third kappa shape index (κ3) is 3.19. The highest BCUT2D eigenvalue weighted by Gasteiger charge is 2.17. The second kappa shape index (κ2) is 5.68. The second-order valence-corrected chi connectivity index (χ2v) is 5.85. The van der Waals surface area contributed by atoms with Crippen LogP contribution in [0.4, 0.5) is 18.9 Å². The van der Waals surface area contributed by atoms with Gasteiger partial charge in [0, 0.05) is 11.6 Å². The molecule has 22 heavy (non-hydrogen) atoms. The molecule has 9 heteroatoms. The Morgan fingerprint density at radius 3 is 2.18 bits per heavy atom. The Bertz CT molecular complexity index is 852. The Kier molecular flexibility index (Phi) is 4.09. The van der Waals surface area contributed by atoms with Gasteiger partial charge in [-0.1, -0.05) is 0 Å².